The summed E-state index contributed by atoms with van der Waals surface area (Å²) in [5.41, 5.74) is 9.26. The Kier molecular flexibility index (Phi) is 8.17. The molecular formula is C44H36N2. The molecule has 0 aromatic heterocycles. The molecule has 0 unspecified atom stereocenters. The second-order valence-electron chi connectivity index (χ2n) is 11.5. The van der Waals surface area contributed by atoms with Gasteiger partial charge < -0.3 is 9.80 Å². The molecule has 0 saturated carbocycles. The van der Waals surface area contributed by atoms with Crippen LogP contribution in [0.5, 0.6) is 0 Å². The molecular weight excluding hydrogens is 556 g/mol. The molecule has 2 heteroatoms. The fraction of sp³-hybridized carbons (Fsp3) is 0.0455. The van der Waals surface area contributed by atoms with Gasteiger partial charge in [-0.05, 0) is 90.4 Å². The van der Waals surface area contributed by atoms with Gasteiger partial charge in [0.05, 0.1) is 11.4 Å². The summed E-state index contributed by atoms with van der Waals surface area (Å²) in [7, 11) is 0. The zero-order valence-electron chi connectivity index (χ0n) is 26.2. The number of anilines is 5. The average molecular weight is 593 g/mol. The summed E-state index contributed by atoms with van der Waals surface area (Å²) in [5.74, 6) is 0. The molecule has 0 N–H and O–H groups in total. The molecule has 222 valence electrons. The van der Waals surface area contributed by atoms with E-state index >= 15 is 0 Å². The van der Waals surface area contributed by atoms with Crippen LogP contribution in [0.3, 0.4) is 0 Å². The maximum atomic E-state index is 2.34. The average Bonchev–Trinajstić information content (AvgIpc) is 3.12. The maximum absolute atomic E-state index is 2.34. The second kappa shape index (κ2) is 13.0. The van der Waals surface area contributed by atoms with Crippen molar-refractivity contribution in [3.05, 3.63) is 193 Å². The monoisotopic (exact) mass is 592 g/mol. The standard InChI is InChI=1S/C44H36N2/c1-33(27-28-34(2)45(38-19-5-3-6-20-38)43-25-13-17-36-15-9-11-23-41(36)43)35-29-31-40(32-30-35)46(39-21-7-4-8-22-39)44-26-14-18-37-16-10-12-24-42(37)44/h3-32H,1-2H3/b33-27+,34-28+. The molecule has 0 saturated heterocycles. The lowest BCUT2D eigenvalue weighted by Crippen LogP contribution is -2.14. The van der Waals surface area contributed by atoms with Crippen LogP contribution in [-0.4, -0.2) is 0 Å². The van der Waals surface area contributed by atoms with Gasteiger partial charge in [-0.3, -0.25) is 0 Å². The van der Waals surface area contributed by atoms with Crippen LogP contribution < -0.4 is 9.80 Å². The van der Waals surface area contributed by atoms with Crippen LogP contribution in [0.25, 0.3) is 27.1 Å². The molecule has 46 heavy (non-hydrogen) atoms. The van der Waals surface area contributed by atoms with Gasteiger partial charge in [0.1, 0.15) is 0 Å². The predicted octanol–water partition coefficient (Wildman–Crippen LogP) is 12.6. The van der Waals surface area contributed by atoms with Crippen molar-refractivity contribution >= 4 is 55.6 Å². The van der Waals surface area contributed by atoms with E-state index < -0.39 is 0 Å². The quantitative estimate of drug-likeness (QED) is 0.162. The van der Waals surface area contributed by atoms with Gasteiger partial charge in [-0.15, -0.1) is 0 Å². The Hall–Kier alpha value is -5.86. The van der Waals surface area contributed by atoms with Gasteiger partial charge in [0, 0.05) is 33.5 Å². The van der Waals surface area contributed by atoms with Crippen molar-refractivity contribution in [2.75, 3.05) is 9.80 Å². The summed E-state index contributed by atoms with van der Waals surface area (Å²) < 4.78 is 0. The Morgan fingerprint density at radius 1 is 0.413 bits per heavy atom. The third-order valence-corrected chi connectivity index (χ3v) is 8.55. The zero-order chi connectivity index (χ0) is 31.3. The highest BCUT2D eigenvalue weighted by molar-refractivity contribution is 5.99. The highest BCUT2D eigenvalue weighted by atomic mass is 15.1. The molecule has 0 aliphatic heterocycles. The molecule has 0 heterocycles. The number of para-hydroxylation sites is 2. The lowest BCUT2D eigenvalue weighted by molar-refractivity contribution is 1.16. The number of hydrogen-bond donors (Lipinski definition) is 0. The SMILES string of the molecule is C/C(=C\C=C(/C)N(c1ccccc1)c1cccc2ccccc12)c1ccc(N(c2ccccc2)c2cccc3ccccc23)cc1. The summed E-state index contributed by atoms with van der Waals surface area (Å²) in [5, 5.41) is 4.91. The fourth-order valence-electron chi connectivity index (χ4n) is 6.21. The largest absolute Gasteiger partial charge is 0.314 e. The first-order valence-corrected chi connectivity index (χ1v) is 15.8. The van der Waals surface area contributed by atoms with Crippen LogP contribution in [0.2, 0.25) is 0 Å². The molecule has 0 spiro atoms. The molecule has 0 aliphatic carbocycles. The normalized spacial score (nSPS) is 12.0. The van der Waals surface area contributed by atoms with Crippen LogP contribution in [-0.2, 0) is 0 Å². The van der Waals surface area contributed by atoms with Crippen molar-refractivity contribution < 1.29 is 0 Å². The number of allylic oxidation sites excluding steroid dienone is 4. The lowest BCUT2D eigenvalue weighted by Gasteiger charge is -2.27. The molecule has 7 aromatic rings. The highest BCUT2D eigenvalue weighted by Gasteiger charge is 2.16. The van der Waals surface area contributed by atoms with E-state index in [0.29, 0.717) is 0 Å². The molecule has 0 fully saturated rings. The van der Waals surface area contributed by atoms with E-state index in [4.69, 9.17) is 0 Å². The van der Waals surface area contributed by atoms with Crippen molar-refractivity contribution in [3.8, 4) is 0 Å². The van der Waals surface area contributed by atoms with Crippen molar-refractivity contribution in [1.82, 2.24) is 0 Å². The van der Waals surface area contributed by atoms with Crippen molar-refractivity contribution in [1.29, 1.82) is 0 Å². The zero-order valence-corrected chi connectivity index (χ0v) is 26.2. The fourth-order valence-corrected chi connectivity index (χ4v) is 6.21. The van der Waals surface area contributed by atoms with Gasteiger partial charge in [-0.2, -0.15) is 0 Å². The molecule has 0 amide bonds. The molecule has 0 aliphatic rings. The minimum atomic E-state index is 1.12. The summed E-state index contributed by atoms with van der Waals surface area (Å²) >= 11 is 0. The number of fused-ring (bicyclic) bond motifs is 2. The van der Waals surface area contributed by atoms with Gasteiger partial charge in [0.2, 0.25) is 0 Å². The highest BCUT2D eigenvalue weighted by Crippen LogP contribution is 2.39. The van der Waals surface area contributed by atoms with Gasteiger partial charge in [-0.1, -0.05) is 127 Å². The first kappa shape index (κ1) is 28.9. The Bertz CT molecular complexity index is 2150. The van der Waals surface area contributed by atoms with Crippen molar-refractivity contribution in [2.45, 2.75) is 13.8 Å². The van der Waals surface area contributed by atoms with Gasteiger partial charge in [0.15, 0.2) is 0 Å². The summed E-state index contributed by atoms with van der Waals surface area (Å²) in [6.45, 7) is 4.37. The molecule has 0 bridgehead atoms. The molecule has 7 rings (SSSR count). The van der Waals surface area contributed by atoms with E-state index in [1.165, 1.54) is 38.4 Å². The first-order valence-electron chi connectivity index (χ1n) is 15.8. The number of hydrogen-bond acceptors (Lipinski definition) is 2. The van der Waals surface area contributed by atoms with Crippen LogP contribution in [0, 0.1) is 0 Å². The number of benzene rings is 7. The van der Waals surface area contributed by atoms with Crippen LogP contribution in [0.15, 0.2) is 188 Å². The van der Waals surface area contributed by atoms with Crippen molar-refractivity contribution in [3.63, 3.8) is 0 Å². The van der Waals surface area contributed by atoms with Crippen LogP contribution in [0.4, 0.5) is 28.4 Å². The number of rotatable bonds is 8. The minimum Gasteiger partial charge on any atom is -0.314 e. The molecule has 7 aromatic carbocycles. The smallest absolute Gasteiger partial charge is 0.0540 e. The van der Waals surface area contributed by atoms with Crippen molar-refractivity contribution in [2.24, 2.45) is 0 Å². The lowest BCUT2D eigenvalue weighted by atomic mass is 10.0. The predicted molar refractivity (Wildman–Crippen MR) is 199 cm³/mol. The van der Waals surface area contributed by atoms with E-state index in [9.17, 15) is 0 Å². The second-order valence-corrected chi connectivity index (χ2v) is 11.5. The van der Waals surface area contributed by atoms with E-state index in [1.54, 1.807) is 0 Å². The molecule has 0 atom stereocenters. The topological polar surface area (TPSA) is 6.48 Å². The van der Waals surface area contributed by atoms with E-state index in [-0.39, 0.29) is 0 Å². The number of nitrogens with zero attached hydrogens (tertiary/aromatic N) is 2. The summed E-state index contributed by atoms with van der Waals surface area (Å²) in [4.78, 5) is 4.69. The summed E-state index contributed by atoms with van der Waals surface area (Å²) in [6.07, 6.45) is 4.45. The van der Waals surface area contributed by atoms with E-state index in [2.05, 4.69) is 206 Å². The first-order chi connectivity index (χ1) is 22.7. The van der Waals surface area contributed by atoms with Gasteiger partial charge in [-0.25, -0.2) is 0 Å². The Balaban J connectivity index is 1.23. The Morgan fingerprint density at radius 2 is 0.891 bits per heavy atom. The van der Waals surface area contributed by atoms with E-state index in [1.807, 2.05) is 0 Å². The third-order valence-electron chi connectivity index (χ3n) is 8.55. The van der Waals surface area contributed by atoms with Gasteiger partial charge in [0.25, 0.3) is 0 Å². The van der Waals surface area contributed by atoms with E-state index in [0.717, 1.165) is 28.4 Å². The Morgan fingerprint density at radius 3 is 1.52 bits per heavy atom. The van der Waals surface area contributed by atoms with Gasteiger partial charge >= 0.3 is 0 Å². The molecule has 0 radical (unpaired) electrons. The summed E-state index contributed by atoms with van der Waals surface area (Å²) in [6, 6.07) is 60.3. The minimum absolute atomic E-state index is 1.12. The van der Waals surface area contributed by atoms with Crippen LogP contribution in [0.1, 0.15) is 19.4 Å². The molecule has 2 nitrogen and oxygen atoms in total. The Labute approximate surface area is 271 Å². The maximum Gasteiger partial charge on any atom is 0.0540 e. The third kappa shape index (κ3) is 5.81. The van der Waals surface area contributed by atoms with Crippen LogP contribution >= 0.6 is 0 Å².